The van der Waals surface area contributed by atoms with Crippen LogP contribution >= 0.6 is 0 Å². The molecule has 2 saturated heterocycles. The molecule has 0 aromatic heterocycles. The van der Waals surface area contributed by atoms with Crippen molar-refractivity contribution in [2.24, 2.45) is 0 Å². The zero-order chi connectivity index (χ0) is 12.1. The summed E-state index contributed by atoms with van der Waals surface area (Å²) in [6.07, 6.45) is 1.66. The van der Waals surface area contributed by atoms with E-state index in [0.717, 1.165) is 13.0 Å². The summed E-state index contributed by atoms with van der Waals surface area (Å²) in [5, 5.41) is 8.92. The van der Waals surface area contributed by atoms with Crippen LogP contribution in [0.1, 0.15) is 19.3 Å². The molecule has 17 heavy (non-hydrogen) atoms. The Morgan fingerprint density at radius 1 is 1.53 bits per heavy atom. The fourth-order valence-electron chi connectivity index (χ4n) is 2.12. The monoisotopic (exact) mass is 241 g/mol. The highest BCUT2D eigenvalue weighted by Crippen LogP contribution is 2.04. The topological polar surface area (TPSA) is 79.5 Å². The Bertz CT molecular complexity index is 280. The number of hydrogen-bond acceptors (Lipinski definition) is 4. The molecule has 0 aromatic rings. The number of morpholine rings is 1. The number of ether oxygens (including phenoxy) is 1. The first-order valence-corrected chi connectivity index (χ1v) is 6.11. The van der Waals surface area contributed by atoms with Crippen LogP contribution in [0.5, 0.6) is 0 Å². The Morgan fingerprint density at radius 3 is 3.06 bits per heavy atom. The molecular weight excluding hydrogens is 222 g/mol. The van der Waals surface area contributed by atoms with Gasteiger partial charge in [0.15, 0.2) is 0 Å². The Morgan fingerprint density at radius 2 is 2.41 bits per heavy atom. The highest BCUT2D eigenvalue weighted by atomic mass is 16.5. The number of amides is 2. The third-order valence-corrected chi connectivity index (χ3v) is 3.06. The molecule has 0 spiro atoms. The van der Waals surface area contributed by atoms with Gasteiger partial charge < -0.3 is 20.7 Å². The molecule has 2 unspecified atom stereocenters. The van der Waals surface area contributed by atoms with Crippen molar-refractivity contribution in [2.75, 3.05) is 26.3 Å². The smallest absolute Gasteiger partial charge is 0.221 e. The molecule has 2 aliphatic rings. The van der Waals surface area contributed by atoms with E-state index in [1.165, 1.54) is 0 Å². The van der Waals surface area contributed by atoms with E-state index in [1.54, 1.807) is 0 Å². The largest absolute Gasteiger partial charge is 0.378 e. The molecule has 2 aliphatic heterocycles. The van der Waals surface area contributed by atoms with Crippen molar-refractivity contribution in [2.45, 2.75) is 31.3 Å². The van der Waals surface area contributed by atoms with Gasteiger partial charge in [-0.05, 0) is 6.42 Å². The van der Waals surface area contributed by atoms with Gasteiger partial charge in [-0.25, -0.2) is 0 Å². The van der Waals surface area contributed by atoms with E-state index in [-0.39, 0.29) is 23.9 Å². The van der Waals surface area contributed by atoms with Gasteiger partial charge >= 0.3 is 0 Å². The average molecular weight is 241 g/mol. The van der Waals surface area contributed by atoms with Crippen LogP contribution in [0.4, 0.5) is 0 Å². The molecule has 2 amide bonds. The predicted octanol–water partition coefficient (Wildman–Crippen LogP) is -1.24. The van der Waals surface area contributed by atoms with Crippen molar-refractivity contribution in [3.8, 4) is 0 Å². The van der Waals surface area contributed by atoms with Crippen LogP contribution in [0.15, 0.2) is 0 Å². The SMILES string of the molecule is O=C1CCC(NC(=O)CC2COCCN2)CN1. The molecule has 2 fully saturated rings. The summed E-state index contributed by atoms with van der Waals surface area (Å²) in [7, 11) is 0. The number of hydrogen-bond donors (Lipinski definition) is 3. The molecule has 0 radical (unpaired) electrons. The van der Waals surface area contributed by atoms with Gasteiger partial charge in [-0.3, -0.25) is 9.59 Å². The van der Waals surface area contributed by atoms with Crippen molar-refractivity contribution < 1.29 is 14.3 Å². The molecule has 3 N–H and O–H groups in total. The van der Waals surface area contributed by atoms with Crippen LogP contribution in [0.2, 0.25) is 0 Å². The quantitative estimate of drug-likeness (QED) is 0.577. The zero-order valence-electron chi connectivity index (χ0n) is 9.83. The van der Waals surface area contributed by atoms with Gasteiger partial charge in [-0.2, -0.15) is 0 Å². The van der Waals surface area contributed by atoms with Gasteiger partial charge in [-0.1, -0.05) is 0 Å². The van der Waals surface area contributed by atoms with E-state index in [1.807, 2.05) is 0 Å². The molecule has 0 saturated carbocycles. The van der Waals surface area contributed by atoms with Gasteiger partial charge in [0.2, 0.25) is 11.8 Å². The molecule has 6 nitrogen and oxygen atoms in total. The molecule has 2 atom stereocenters. The van der Waals surface area contributed by atoms with E-state index in [4.69, 9.17) is 4.74 Å². The molecule has 2 heterocycles. The van der Waals surface area contributed by atoms with E-state index >= 15 is 0 Å². The summed E-state index contributed by atoms with van der Waals surface area (Å²) in [6.45, 7) is 2.65. The normalized spacial score (nSPS) is 29.5. The molecule has 2 rings (SSSR count). The molecule has 0 bridgehead atoms. The van der Waals surface area contributed by atoms with Crippen molar-refractivity contribution >= 4 is 11.8 Å². The van der Waals surface area contributed by atoms with Crippen LogP contribution in [-0.4, -0.2) is 50.2 Å². The lowest BCUT2D eigenvalue weighted by atomic mass is 10.1. The summed E-state index contributed by atoms with van der Waals surface area (Å²) >= 11 is 0. The Hall–Kier alpha value is -1.14. The van der Waals surface area contributed by atoms with Crippen LogP contribution in [0, 0.1) is 0 Å². The summed E-state index contributed by atoms with van der Waals surface area (Å²) in [6, 6.07) is 0.187. The Labute approximate surface area is 100 Å². The van der Waals surface area contributed by atoms with Crippen LogP contribution in [-0.2, 0) is 14.3 Å². The minimum Gasteiger partial charge on any atom is -0.378 e. The zero-order valence-corrected chi connectivity index (χ0v) is 9.83. The van der Waals surface area contributed by atoms with Gasteiger partial charge in [-0.15, -0.1) is 0 Å². The van der Waals surface area contributed by atoms with Crippen LogP contribution < -0.4 is 16.0 Å². The van der Waals surface area contributed by atoms with E-state index in [2.05, 4.69) is 16.0 Å². The molecule has 0 aromatic carbocycles. The first-order chi connectivity index (χ1) is 8.24. The number of piperidine rings is 1. The van der Waals surface area contributed by atoms with E-state index in [0.29, 0.717) is 32.6 Å². The second-order valence-corrected chi connectivity index (χ2v) is 4.54. The molecule has 0 aliphatic carbocycles. The van der Waals surface area contributed by atoms with Crippen LogP contribution in [0.3, 0.4) is 0 Å². The lowest BCUT2D eigenvalue weighted by molar-refractivity contribution is -0.126. The summed E-state index contributed by atoms with van der Waals surface area (Å²) in [5.41, 5.74) is 0. The van der Waals surface area contributed by atoms with Gasteiger partial charge in [0.1, 0.15) is 0 Å². The first-order valence-electron chi connectivity index (χ1n) is 6.11. The first kappa shape index (κ1) is 12.3. The molecule has 96 valence electrons. The second-order valence-electron chi connectivity index (χ2n) is 4.54. The number of nitrogens with one attached hydrogen (secondary N) is 3. The van der Waals surface area contributed by atoms with Crippen molar-refractivity contribution in [1.82, 2.24) is 16.0 Å². The van der Waals surface area contributed by atoms with Gasteiger partial charge in [0, 0.05) is 38.0 Å². The van der Waals surface area contributed by atoms with Gasteiger partial charge in [0.25, 0.3) is 0 Å². The fourth-order valence-corrected chi connectivity index (χ4v) is 2.12. The minimum absolute atomic E-state index is 0.0224. The molecular formula is C11H19N3O3. The summed E-state index contributed by atoms with van der Waals surface area (Å²) in [4.78, 5) is 22.7. The Balaban J connectivity index is 1.67. The highest BCUT2D eigenvalue weighted by molar-refractivity contribution is 5.79. The maximum Gasteiger partial charge on any atom is 0.221 e. The standard InChI is InChI=1S/C11H19N3O3/c15-10-2-1-8(6-13-10)14-11(16)5-9-7-17-4-3-12-9/h8-9,12H,1-7H2,(H,13,15)(H,14,16). The average Bonchev–Trinajstić information content (AvgIpc) is 2.33. The fraction of sp³-hybridized carbons (Fsp3) is 0.818. The summed E-state index contributed by atoms with van der Waals surface area (Å²) < 4.78 is 5.29. The maximum atomic E-state index is 11.7. The van der Waals surface area contributed by atoms with Crippen LogP contribution in [0.25, 0.3) is 0 Å². The Kier molecular flexibility index (Phi) is 4.33. The minimum atomic E-state index is 0.0224. The predicted molar refractivity (Wildman–Crippen MR) is 61.4 cm³/mol. The third kappa shape index (κ3) is 3.98. The van der Waals surface area contributed by atoms with Crippen molar-refractivity contribution in [3.63, 3.8) is 0 Å². The lowest BCUT2D eigenvalue weighted by Crippen LogP contribution is -2.50. The van der Waals surface area contributed by atoms with E-state index < -0.39 is 0 Å². The third-order valence-electron chi connectivity index (χ3n) is 3.06. The van der Waals surface area contributed by atoms with Crippen molar-refractivity contribution in [1.29, 1.82) is 0 Å². The second kappa shape index (κ2) is 5.97. The van der Waals surface area contributed by atoms with Crippen molar-refractivity contribution in [3.05, 3.63) is 0 Å². The number of rotatable bonds is 3. The lowest BCUT2D eigenvalue weighted by Gasteiger charge is -2.26. The van der Waals surface area contributed by atoms with Gasteiger partial charge in [0.05, 0.1) is 13.2 Å². The molecule has 6 heteroatoms. The summed E-state index contributed by atoms with van der Waals surface area (Å²) in [5.74, 6) is 0.0898. The van der Waals surface area contributed by atoms with E-state index in [9.17, 15) is 9.59 Å². The highest BCUT2D eigenvalue weighted by Gasteiger charge is 2.22. The number of carbonyl (C=O) groups is 2. The maximum absolute atomic E-state index is 11.7. The number of carbonyl (C=O) groups excluding carboxylic acids is 2.